The maximum absolute atomic E-state index is 13.2. The van der Waals surface area contributed by atoms with Crippen LogP contribution in [0.3, 0.4) is 0 Å². The topological polar surface area (TPSA) is 60.0 Å². The van der Waals surface area contributed by atoms with Crippen LogP contribution in [0.15, 0.2) is 24.4 Å². The highest BCUT2D eigenvalue weighted by atomic mass is 19.4. The summed E-state index contributed by atoms with van der Waals surface area (Å²) < 4.78 is 88.8. The zero-order chi connectivity index (χ0) is 20.7. The predicted octanol–water partition coefficient (Wildman–Crippen LogP) is 4.95. The largest absolute Gasteiger partial charge is 0.467 e. The maximum Gasteiger partial charge on any atom is 0.418 e. The zero-order valence-corrected chi connectivity index (χ0v) is 14.5. The first-order valence-corrected chi connectivity index (χ1v) is 7.78. The monoisotopic (exact) mass is 405 g/mol. The number of halogens is 6. The summed E-state index contributed by atoms with van der Waals surface area (Å²) in [6, 6.07) is 2.72. The molecular formula is C17H13F6N3O2. The van der Waals surface area contributed by atoms with Gasteiger partial charge in [0.2, 0.25) is 0 Å². The summed E-state index contributed by atoms with van der Waals surface area (Å²) in [7, 11) is 1.28. The van der Waals surface area contributed by atoms with Crippen molar-refractivity contribution in [2.45, 2.75) is 19.3 Å². The molecule has 2 aromatic heterocycles. The van der Waals surface area contributed by atoms with Crippen LogP contribution in [0.4, 0.5) is 26.3 Å². The number of methoxy groups -OCH3 is 1. The van der Waals surface area contributed by atoms with Gasteiger partial charge in [-0.15, -0.1) is 10.2 Å². The van der Waals surface area contributed by atoms with Crippen molar-refractivity contribution in [2.24, 2.45) is 0 Å². The number of ether oxygens (including phenoxy) is 2. The van der Waals surface area contributed by atoms with Crippen molar-refractivity contribution in [3.8, 4) is 17.0 Å². The Morgan fingerprint density at radius 3 is 2.32 bits per heavy atom. The van der Waals surface area contributed by atoms with Crippen LogP contribution in [0.2, 0.25) is 0 Å². The molecule has 0 aliphatic rings. The molecule has 150 valence electrons. The van der Waals surface area contributed by atoms with Crippen LogP contribution in [0, 0.1) is 6.92 Å². The lowest BCUT2D eigenvalue weighted by atomic mass is 9.99. The van der Waals surface area contributed by atoms with Crippen molar-refractivity contribution >= 4 is 11.0 Å². The zero-order valence-electron chi connectivity index (χ0n) is 14.5. The molecule has 0 atom stereocenters. The van der Waals surface area contributed by atoms with E-state index in [2.05, 4.69) is 15.2 Å². The van der Waals surface area contributed by atoms with Gasteiger partial charge in [0.05, 0.1) is 16.8 Å². The van der Waals surface area contributed by atoms with Crippen molar-refractivity contribution in [1.29, 1.82) is 0 Å². The molecule has 0 radical (unpaired) electrons. The second-order valence-electron chi connectivity index (χ2n) is 5.91. The molecule has 0 amide bonds. The molecule has 3 aromatic rings. The van der Waals surface area contributed by atoms with E-state index in [0.29, 0.717) is 0 Å². The molecule has 11 heteroatoms. The molecule has 1 N–H and O–H groups in total. The minimum Gasteiger partial charge on any atom is -0.467 e. The normalized spacial score (nSPS) is 12.6. The minimum absolute atomic E-state index is 0.0603. The number of rotatable bonds is 4. The highest BCUT2D eigenvalue weighted by Gasteiger charge is 2.35. The van der Waals surface area contributed by atoms with E-state index >= 15 is 0 Å². The molecule has 0 bridgehead atoms. The van der Waals surface area contributed by atoms with Crippen molar-refractivity contribution in [3.63, 3.8) is 0 Å². The summed E-state index contributed by atoms with van der Waals surface area (Å²) in [6.45, 7) is 1.01. The summed E-state index contributed by atoms with van der Waals surface area (Å²) in [6.07, 6.45) is -8.51. The Bertz CT molecular complexity index is 1010. The van der Waals surface area contributed by atoms with E-state index in [1.54, 1.807) is 0 Å². The third kappa shape index (κ3) is 3.75. The lowest BCUT2D eigenvalue weighted by Crippen LogP contribution is -2.09. The first kappa shape index (κ1) is 19.9. The van der Waals surface area contributed by atoms with Gasteiger partial charge in [0.1, 0.15) is 5.75 Å². The molecule has 0 saturated carbocycles. The third-order valence-electron chi connectivity index (χ3n) is 3.96. The van der Waals surface area contributed by atoms with Crippen LogP contribution < -0.4 is 4.74 Å². The van der Waals surface area contributed by atoms with Gasteiger partial charge in [0, 0.05) is 24.3 Å². The Morgan fingerprint density at radius 1 is 1.00 bits per heavy atom. The van der Waals surface area contributed by atoms with Crippen LogP contribution in [0.1, 0.15) is 16.7 Å². The number of hydrogen-bond acceptors (Lipinski definition) is 4. The molecule has 0 fully saturated rings. The van der Waals surface area contributed by atoms with Crippen LogP contribution in [-0.4, -0.2) is 29.1 Å². The summed E-state index contributed by atoms with van der Waals surface area (Å²) in [5.74, 6) is -0.230. The van der Waals surface area contributed by atoms with E-state index < -0.39 is 23.5 Å². The second kappa shape index (κ2) is 6.97. The third-order valence-corrected chi connectivity index (χ3v) is 3.96. The van der Waals surface area contributed by atoms with E-state index in [1.165, 1.54) is 14.0 Å². The smallest absolute Gasteiger partial charge is 0.418 e. The SMILES string of the molecule is COCOc1cc(C(F)(F)F)cc(C)c1-c1cc2c(C(F)(F)F)c[nH]c2nn1. The molecule has 1 aromatic carbocycles. The van der Waals surface area contributed by atoms with Crippen molar-refractivity contribution in [2.75, 3.05) is 13.9 Å². The Kier molecular flexibility index (Phi) is 4.96. The minimum atomic E-state index is -4.64. The van der Waals surface area contributed by atoms with Gasteiger partial charge in [-0.25, -0.2) is 0 Å². The van der Waals surface area contributed by atoms with Gasteiger partial charge in [-0.05, 0) is 30.7 Å². The molecule has 0 aliphatic heterocycles. The van der Waals surface area contributed by atoms with Gasteiger partial charge < -0.3 is 14.5 Å². The number of aromatic nitrogens is 3. The summed E-state index contributed by atoms with van der Waals surface area (Å²) in [5.41, 5.74) is -1.88. The number of nitrogens with one attached hydrogen (secondary N) is 1. The first-order chi connectivity index (χ1) is 13.0. The highest BCUT2D eigenvalue weighted by Crippen LogP contribution is 2.41. The van der Waals surface area contributed by atoms with E-state index in [4.69, 9.17) is 9.47 Å². The molecule has 2 heterocycles. The lowest BCUT2D eigenvalue weighted by Gasteiger charge is -2.16. The number of alkyl halides is 6. The number of benzene rings is 1. The van der Waals surface area contributed by atoms with Crippen LogP contribution in [0.5, 0.6) is 5.75 Å². The van der Waals surface area contributed by atoms with E-state index in [-0.39, 0.29) is 40.4 Å². The molecule has 28 heavy (non-hydrogen) atoms. The van der Waals surface area contributed by atoms with Gasteiger partial charge in [0.15, 0.2) is 12.4 Å². The Morgan fingerprint density at radius 2 is 1.71 bits per heavy atom. The van der Waals surface area contributed by atoms with Crippen molar-refractivity contribution < 1.29 is 35.8 Å². The number of H-pyrrole nitrogens is 1. The van der Waals surface area contributed by atoms with Crippen LogP contribution in [-0.2, 0) is 17.1 Å². The van der Waals surface area contributed by atoms with E-state index in [9.17, 15) is 26.3 Å². The summed E-state index contributed by atoms with van der Waals surface area (Å²) in [5, 5.41) is 7.30. The molecule has 0 unspecified atom stereocenters. The second-order valence-corrected chi connectivity index (χ2v) is 5.91. The fourth-order valence-electron chi connectivity index (χ4n) is 2.76. The average Bonchev–Trinajstić information content (AvgIpc) is 3.02. The number of nitrogens with zero attached hydrogens (tertiary/aromatic N) is 2. The van der Waals surface area contributed by atoms with Gasteiger partial charge in [-0.3, -0.25) is 0 Å². The van der Waals surface area contributed by atoms with Gasteiger partial charge >= 0.3 is 12.4 Å². The fourth-order valence-corrected chi connectivity index (χ4v) is 2.76. The number of aromatic amines is 1. The molecule has 0 spiro atoms. The van der Waals surface area contributed by atoms with Gasteiger partial charge in [-0.2, -0.15) is 26.3 Å². The average molecular weight is 405 g/mol. The molecular weight excluding hydrogens is 392 g/mol. The molecule has 0 aliphatic carbocycles. The molecule has 0 saturated heterocycles. The molecule has 3 rings (SSSR count). The quantitative estimate of drug-likeness (QED) is 0.493. The number of hydrogen-bond donors (Lipinski definition) is 1. The maximum atomic E-state index is 13.2. The number of fused-ring (bicyclic) bond motifs is 1. The Labute approximate surface area is 154 Å². The summed E-state index contributed by atoms with van der Waals surface area (Å²) in [4.78, 5) is 2.37. The predicted molar refractivity (Wildman–Crippen MR) is 86.6 cm³/mol. The molecule has 5 nitrogen and oxygen atoms in total. The standard InChI is InChI=1S/C17H13F6N3O2/c1-8-3-9(16(18,19)20)4-13(28-7-27-2)14(8)12-5-10-11(17(21,22)23)6-24-15(10)26-25-12/h3-6H,7H2,1-2H3,(H,24,26). The van der Waals surface area contributed by atoms with Crippen molar-refractivity contribution in [3.05, 3.63) is 41.1 Å². The Hall–Kier alpha value is -2.82. The number of aryl methyl sites for hydroxylation is 1. The highest BCUT2D eigenvalue weighted by molar-refractivity contribution is 5.85. The van der Waals surface area contributed by atoms with E-state index in [1.807, 2.05) is 0 Å². The Balaban J connectivity index is 2.22. The fraction of sp³-hybridized carbons (Fsp3) is 0.294. The summed E-state index contributed by atoms with van der Waals surface area (Å²) >= 11 is 0. The van der Waals surface area contributed by atoms with Crippen LogP contribution >= 0.6 is 0 Å². The van der Waals surface area contributed by atoms with E-state index in [0.717, 1.165) is 24.4 Å². The first-order valence-electron chi connectivity index (χ1n) is 7.78. The van der Waals surface area contributed by atoms with Gasteiger partial charge in [0.25, 0.3) is 0 Å². The lowest BCUT2D eigenvalue weighted by molar-refractivity contribution is -0.138. The van der Waals surface area contributed by atoms with Crippen LogP contribution in [0.25, 0.3) is 22.3 Å². The van der Waals surface area contributed by atoms with Crippen molar-refractivity contribution in [1.82, 2.24) is 15.2 Å². The van der Waals surface area contributed by atoms with Gasteiger partial charge in [-0.1, -0.05) is 0 Å².